The number of hydrogen-bond acceptors (Lipinski definition) is 3. The lowest BCUT2D eigenvalue weighted by atomic mass is 10.1. The molecule has 0 radical (unpaired) electrons. The van der Waals surface area contributed by atoms with Crippen LogP contribution in [0.25, 0.3) is 16.6 Å². The van der Waals surface area contributed by atoms with Crippen LogP contribution in [0, 0.1) is 6.92 Å². The number of nitrogens with one attached hydrogen (secondary N) is 1. The van der Waals surface area contributed by atoms with Crippen LogP contribution in [0.5, 0.6) is 0 Å². The topological polar surface area (TPSA) is 59.5 Å². The van der Waals surface area contributed by atoms with Gasteiger partial charge in [0.25, 0.3) is 5.91 Å². The maximum atomic E-state index is 12.5. The Kier molecular flexibility index (Phi) is 3.90. The van der Waals surface area contributed by atoms with E-state index in [0.29, 0.717) is 15.6 Å². The zero-order valence-corrected chi connectivity index (χ0v) is 14.7. The van der Waals surface area contributed by atoms with Gasteiger partial charge in [-0.3, -0.25) is 4.79 Å². The first-order chi connectivity index (χ1) is 12.0. The molecule has 0 aliphatic rings. The fourth-order valence-electron chi connectivity index (χ4n) is 2.78. The molecule has 0 bridgehead atoms. The van der Waals surface area contributed by atoms with Crippen molar-refractivity contribution in [1.29, 1.82) is 0 Å². The second-order valence-corrected chi connectivity index (χ2v) is 6.54. The Morgan fingerprint density at radius 1 is 1.24 bits per heavy atom. The number of imidazole rings is 1. The van der Waals surface area contributed by atoms with Crippen molar-refractivity contribution in [3.05, 3.63) is 69.8 Å². The zero-order valence-electron chi connectivity index (χ0n) is 13.2. The number of aromatic nitrogens is 2. The SMILES string of the molecule is Cc1c(C(=O)NCc2cn3cc(Cl)ccc3n2)oc2c(Cl)cccc12. The minimum Gasteiger partial charge on any atom is -0.449 e. The minimum absolute atomic E-state index is 0.259. The first-order valence-corrected chi connectivity index (χ1v) is 8.37. The van der Waals surface area contributed by atoms with E-state index in [1.165, 1.54) is 0 Å². The summed E-state index contributed by atoms with van der Waals surface area (Å²) in [5, 5.41) is 4.76. The number of benzene rings is 1. The molecule has 4 rings (SSSR count). The molecule has 0 saturated heterocycles. The molecule has 5 nitrogen and oxygen atoms in total. The molecule has 0 saturated carbocycles. The van der Waals surface area contributed by atoms with Gasteiger partial charge in [-0.1, -0.05) is 35.3 Å². The molecular formula is C18H13Cl2N3O2. The molecule has 1 amide bonds. The molecular weight excluding hydrogens is 361 g/mol. The number of amides is 1. The van der Waals surface area contributed by atoms with Gasteiger partial charge in [0.2, 0.25) is 0 Å². The fraction of sp³-hybridized carbons (Fsp3) is 0.111. The molecule has 0 fully saturated rings. The molecule has 0 aliphatic carbocycles. The van der Waals surface area contributed by atoms with Crippen LogP contribution in [-0.2, 0) is 6.54 Å². The number of furan rings is 1. The predicted molar refractivity (Wildman–Crippen MR) is 97.3 cm³/mol. The van der Waals surface area contributed by atoms with E-state index in [1.807, 2.05) is 35.7 Å². The number of rotatable bonds is 3. The van der Waals surface area contributed by atoms with E-state index in [4.69, 9.17) is 27.6 Å². The van der Waals surface area contributed by atoms with Crippen LogP contribution in [0.15, 0.2) is 47.1 Å². The lowest BCUT2D eigenvalue weighted by molar-refractivity contribution is 0.0924. The van der Waals surface area contributed by atoms with Gasteiger partial charge < -0.3 is 14.1 Å². The second-order valence-electron chi connectivity index (χ2n) is 5.70. The Labute approximate surface area is 153 Å². The summed E-state index contributed by atoms with van der Waals surface area (Å²) in [6.45, 7) is 2.12. The van der Waals surface area contributed by atoms with E-state index in [2.05, 4.69) is 10.3 Å². The number of nitrogens with zero attached hydrogens (tertiary/aromatic N) is 2. The Morgan fingerprint density at radius 3 is 2.88 bits per heavy atom. The summed E-state index contributed by atoms with van der Waals surface area (Å²) < 4.78 is 7.48. The zero-order chi connectivity index (χ0) is 17.6. The molecule has 4 aromatic rings. The Balaban J connectivity index is 1.57. The number of aryl methyl sites for hydroxylation is 1. The van der Waals surface area contributed by atoms with Crippen molar-refractivity contribution in [2.24, 2.45) is 0 Å². The van der Waals surface area contributed by atoms with E-state index in [-0.39, 0.29) is 18.2 Å². The van der Waals surface area contributed by atoms with Gasteiger partial charge in [-0.15, -0.1) is 0 Å². The average molecular weight is 374 g/mol. The van der Waals surface area contributed by atoms with Crippen molar-refractivity contribution >= 4 is 45.7 Å². The van der Waals surface area contributed by atoms with Gasteiger partial charge in [-0.25, -0.2) is 4.98 Å². The molecule has 1 aromatic carbocycles. The second kappa shape index (κ2) is 6.10. The summed E-state index contributed by atoms with van der Waals surface area (Å²) in [5.74, 6) is -0.0465. The molecule has 0 aliphatic heterocycles. The number of carbonyl (C=O) groups excluding carboxylic acids is 1. The van der Waals surface area contributed by atoms with Gasteiger partial charge in [-0.2, -0.15) is 0 Å². The third-order valence-corrected chi connectivity index (χ3v) is 4.54. The maximum Gasteiger partial charge on any atom is 0.287 e. The minimum atomic E-state index is -0.306. The molecule has 126 valence electrons. The van der Waals surface area contributed by atoms with Crippen LogP contribution in [0.3, 0.4) is 0 Å². The normalized spacial score (nSPS) is 11.3. The summed E-state index contributed by atoms with van der Waals surface area (Å²) in [4.78, 5) is 16.9. The summed E-state index contributed by atoms with van der Waals surface area (Å²) in [5.41, 5.74) is 2.77. The van der Waals surface area contributed by atoms with Gasteiger partial charge in [0.1, 0.15) is 5.65 Å². The van der Waals surface area contributed by atoms with Crippen LogP contribution in [0.4, 0.5) is 0 Å². The number of fused-ring (bicyclic) bond motifs is 2. The van der Waals surface area contributed by atoms with Gasteiger partial charge in [0, 0.05) is 23.3 Å². The number of hydrogen-bond donors (Lipinski definition) is 1. The van der Waals surface area contributed by atoms with E-state index >= 15 is 0 Å². The van der Waals surface area contributed by atoms with Gasteiger partial charge in [-0.05, 0) is 25.1 Å². The van der Waals surface area contributed by atoms with Crippen LogP contribution < -0.4 is 5.32 Å². The predicted octanol–water partition coefficient (Wildman–Crippen LogP) is 4.63. The lowest BCUT2D eigenvalue weighted by Gasteiger charge is -2.01. The van der Waals surface area contributed by atoms with Crippen molar-refractivity contribution in [3.63, 3.8) is 0 Å². The first kappa shape index (κ1) is 16.0. The van der Waals surface area contributed by atoms with Crippen LogP contribution >= 0.6 is 23.2 Å². The Bertz CT molecular complexity index is 1110. The molecule has 3 heterocycles. The number of pyridine rings is 1. The van der Waals surface area contributed by atoms with Crippen molar-refractivity contribution in [2.45, 2.75) is 13.5 Å². The average Bonchev–Trinajstić information content (AvgIpc) is 3.14. The third-order valence-electron chi connectivity index (χ3n) is 4.02. The maximum absolute atomic E-state index is 12.5. The van der Waals surface area contributed by atoms with Gasteiger partial charge in [0.15, 0.2) is 11.3 Å². The molecule has 25 heavy (non-hydrogen) atoms. The molecule has 0 atom stereocenters. The molecule has 7 heteroatoms. The van der Waals surface area contributed by atoms with Crippen molar-refractivity contribution in [3.8, 4) is 0 Å². The summed E-state index contributed by atoms with van der Waals surface area (Å²) >= 11 is 12.1. The van der Waals surface area contributed by atoms with Gasteiger partial charge in [0.05, 0.1) is 22.3 Å². The van der Waals surface area contributed by atoms with E-state index in [0.717, 1.165) is 22.3 Å². The highest BCUT2D eigenvalue weighted by atomic mass is 35.5. The highest BCUT2D eigenvalue weighted by Crippen LogP contribution is 2.30. The van der Waals surface area contributed by atoms with Crippen LogP contribution in [-0.4, -0.2) is 15.3 Å². The van der Waals surface area contributed by atoms with Crippen molar-refractivity contribution in [2.75, 3.05) is 0 Å². The summed E-state index contributed by atoms with van der Waals surface area (Å²) in [6.07, 6.45) is 3.59. The number of carbonyl (C=O) groups is 1. The smallest absolute Gasteiger partial charge is 0.287 e. The first-order valence-electron chi connectivity index (χ1n) is 7.62. The highest BCUT2D eigenvalue weighted by molar-refractivity contribution is 6.35. The largest absolute Gasteiger partial charge is 0.449 e. The standard InChI is InChI=1S/C18H13Cl2N3O2/c1-10-13-3-2-4-14(20)17(13)25-16(10)18(24)21-7-12-9-23-8-11(19)5-6-15(23)22-12/h2-6,8-9H,7H2,1H3,(H,21,24). The highest BCUT2D eigenvalue weighted by Gasteiger charge is 2.19. The van der Waals surface area contributed by atoms with Crippen molar-refractivity contribution < 1.29 is 9.21 Å². The van der Waals surface area contributed by atoms with E-state index in [9.17, 15) is 4.79 Å². The third kappa shape index (κ3) is 2.86. The molecule has 3 aromatic heterocycles. The number of halogens is 2. The molecule has 1 N–H and O–H groups in total. The fourth-order valence-corrected chi connectivity index (χ4v) is 3.16. The van der Waals surface area contributed by atoms with Crippen LogP contribution in [0.2, 0.25) is 10.0 Å². The monoisotopic (exact) mass is 373 g/mol. The summed E-state index contributed by atoms with van der Waals surface area (Å²) in [7, 11) is 0. The van der Waals surface area contributed by atoms with E-state index < -0.39 is 0 Å². The van der Waals surface area contributed by atoms with Crippen molar-refractivity contribution in [1.82, 2.24) is 14.7 Å². The number of para-hydroxylation sites is 1. The lowest BCUT2D eigenvalue weighted by Crippen LogP contribution is -2.23. The summed E-state index contributed by atoms with van der Waals surface area (Å²) in [6, 6.07) is 9.03. The Morgan fingerprint density at radius 2 is 2.08 bits per heavy atom. The Hall–Kier alpha value is -2.50. The van der Waals surface area contributed by atoms with Gasteiger partial charge >= 0.3 is 0 Å². The van der Waals surface area contributed by atoms with E-state index in [1.54, 1.807) is 18.3 Å². The quantitative estimate of drug-likeness (QED) is 0.569. The molecule has 0 unspecified atom stereocenters. The molecule has 0 spiro atoms. The van der Waals surface area contributed by atoms with Crippen LogP contribution in [0.1, 0.15) is 21.8 Å².